The second-order valence-electron chi connectivity index (χ2n) is 4.79. The summed E-state index contributed by atoms with van der Waals surface area (Å²) in [5, 5.41) is 20.4. The summed E-state index contributed by atoms with van der Waals surface area (Å²) in [5.41, 5.74) is 0.199. The Bertz CT molecular complexity index is 713. The zero-order chi connectivity index (χ0) is 17.4. The lowest BCUT2D eigenvalue weighted by atomic mass is 10.2. The largest absolute Gasteiger partial charge is 0.507 e. The fraction of sp³-hybridized carbons (Fsp3) is 0.235. The quantitative estimate of drug-likeness (QED) is 0.347. The van der Waals surface area contributed by atoms with Crippen molar-refractivity contribution in [1.29, 1.82) is 0 Å². The van der Waals surface area contributed by atoms with Crippen molar-refractivity contribution in [3.8, 4) is 17.2 Å². The number of rotatable bonds is 8. The van der Waals surface area contributed by atoms with Gasteiger partial charge in [0.15, 0.2) is 0 Å². The van der Waals surface area contributed by atoms with Gasteiger partial charge in [-0.05, 0) is 37.3 Å². The molecule has 0 aliphatic carbocycles. The Hall–Kier alpha value is -3.09. The number of aliphatic imine (C=N–C) groups is 1. The van der Waals surface area contributed by atoms with Crippen LogP contribution in [-0.2, 0) is 0 Å². The molecule has 0 saturated carbocycles. The average molecular weight is 330 g/mol. The van der Waals surface area contributed by atoms with Crippen molar-refractivity contribution in [3.63, 3.8) is 0 Å². The number of benzene rings is 2. The molecule has 0 radical (unpaired) electrons. The highest BCUT2D eigenvalue weighted by atomic mass is 16.6. The van der Waals surface area contributed by atoms with Crippen LogP contribution in [0.2, 0.25) is 0 Å². The summed E-state index contributed by atoms with van der Waals surface area (Å²) in [4.78, 5) is 14.3. The van der Waals surface area contributed by atoms with Crippen LogP contribution in [0.15, 0.2) is 47.5 Å². The molecule has 0 atom stereocenters. The van der Waals surface area contributed by atoms with Crippen molar-refractivity contribution < 1.29 is 19.5 Å². The van der Waals surface area contributed by atoms with Crippen LogP contribution in [0.5, 0.6) is 17.2 Å². The van der Waals surface area contributed by atoms with Gasteiger partial charge in [-0.1, -0.05) is 0 Å². The third-order valence-corrected chi connectivity index (χ3v) is 3.08. The van der Waals surface area contributed by atoms with Gasteiger partial charge >= 0.3 is 0 Å². The van der Waals surface area contributed by atoms with Gasteiger partial charge in [0.05, 0.1) is 18.1 Å². The van der Waals surface area contributed by atoms with Gasteiger partial charge in [0.25, 0.3) is 5.69 Å². The van der Waals surface area contributed by atoms with Crippen molar-refractivity contribution in [2.75, 3.05) is 19.8 Å². The Kier molecular flexibility index (Phi) is 6.13. The van der Waals surface area contributed by atoms with Crippen molar-refractivity contribution in [3.05, 3.63) is 58.1 Å². The maximum atomic E-state index is 10.7. The van der Waals surface area contributed by atoms with E-state index in [1.54, 1.807) is 12.1 Å². The fourth-order valence-corrected chi connectivity index (χ4v) is 1.94. The van der Waals surface area contributed by atoms with E-state index < -0.39 is 4.92 Å². The summed E-state index contributed by atoms with van der Waals surface area (Å²) in [7, 11) is 0. The molecule has 2 rings (SSSR count). The maximum absolute atomic E-state index is 10.7. The Morgan fingerprint density at radius 2 is 1.83 bits per heavy atom. The van der Waals surface area contributed by atoms with E-state index >= 15 is 0 Å². The first-order valence-corrected chi connectivity index (χ1v) is 7.43. The summed E-state index contributed by atoms with van der Waals surface area (Å²) >= 11 is 0. The molecule has 0 saturated heterocycles. The summed E-state index contributed by atoms with van der Waals surface area (Å²) in [6.45, 7) is 3.23. The molecule has 7 nitrogen and oxygen atoms in total. The van der Waals surface area contributed by atoms with Crippen molar-refractivity contribution in [2.24, 2.45) is 4.99 Å². The lowest BCUT2D eigenvalue weighted by molar-refractivity contribution is -0.384. The van der Waals surface area contributed by atoms with Crippen LogP contribution in [0, 0.1) is 10.1 Å². The van der Waals surface area contributed by atoms with E-state index in [2.05, 4.69) is 4.99 Å². The number of aromatic hydroxyl groups is 1. The van der Waals surface area contributed by atoms with E-state index in [4.69, 9.17) is 9.47 Å². The normalized spacial score (nSPS) is 10.7. The maximum Gasteiger partial charge on any atom is 0.270 e. The smallest absolute Gasteiger partial charge is 0.270 e. The number of non-ortho nitro benzene ring substituents is 1. The van der Waals surface area contributed by atoms with E-state index in [0.29, 0.717) is 31.1 Å². The molecular weight excluding hydrogens is 312 g/mol. The number of nitrogens with zero attached hydrogens (tertiary/aromatic N) is 2. The minimum absolute atomic E-state index is 0.0585. The molecule has 126 valence electrons. The van der Waals surface area contributed by atoms with Gasteiger partial charge in [-0.3, -0.25) is 15.1 Å². The lowest BCUT2D eigenvalue weighted by Gasteiger charge is -2.06. The highest BCUT2D eigenvalue weighted by Crippen LogP contribution is 2.21. The van der Waals surface area contributed by atoms with E-state index in [1.165, 1.54) is 24.4 Å². The van der Waals surface area contributed by atoms with Gasteiger partial charge in [-0.2, -0.15) is 0 Å². The third-order valence-electron chi connectivity index (χ3n) is 3.08. The Morgan fingerprint density at radius 1 is 1.17 bits per heavy atom. The average Bonchev–Trinajstić information content (AvgIpc) is 2.57. The second kappa shape index (κ2) is 8.52. The monoisotopic (exact) mass is 330 g/mol. The van der Waals surface area contributed by atoms with Gasteiger partial charge in [-0.15, -0.1) is 0 Å². The molecule has 7 heteroatoms. The Labute approximate surface area is 139 Å². The molecule has 0 aromatic heterocycles. The van der Waals surface area contributed by atoms with E-state index in [-0.39, 0.29) is 11.4 Å². The Balaban J connectivity index is 1.84. The van der Waals surface area contributed by atoms with Crippen LogP contribution in [0.3, 0.4) is 0 Å². The number of phenols is 1. The number of ether oxygens (including phenoxy) is 2. The highest BCUT2D eigenvalue weighted by molar-refractivity contribution is 5.84. The number of hydrogen-bond donors (Lipinski definition) is 1. The van der Waals surface area contributed by atoms with Crippen molar-refractivity contribution in [2.45, 2.75) is 6.92 Å². The van der Waals surface area contributed by atoms with Crippen LogP contribution in [0.1, 0.15) is 12.5 Å². The van der Waals surface area contributed by atoms with Crippen LogP contribution >= 0.6 is 0 Å². The first kappa shape index (κ1) is 17.3. The molecule has 1 N–H and O–H groups in total. The molecule has 24 heavy (non-hydrogen) atoms. The molecule has 0 heterocycles. The van der Waals surface area contributed by atoms with E-state index in [9.17, 15) is 15.2 Å². The number of nitro groups is 1. The van der Waals surface area contributed by atoms with Gasteiger partial charge in [0.1, 0.15) is 23.9 Å². The molecule has 0 bridgehead atoms. The number of phenolic OH excluding ortho intramolecular Hbond substituents is 1. The highest BCUT2D eigenvalue weighted by Gasteiger charge is 2.08. The van der Waals surface area contributed by atoms with Gasteiger partial charge in [0.2, 0.25) is 0 Å². The number of hydrogen-bond acceptors (Lipinski definition) is 6. The van der Waals surface area contributed by atoms with Crippen LogP contribution in [0.4, 0.5) is 5.69 Å². The fourth-order valence-electron chi connectivity index (χ4n) is 1.94. The SMILES string of the molecule is CCOc1ccc(OCCN=Cc2cc([N+](=O)[O-])ccc2O)cc1. The molecule has 2 aromatic rings. The molecule has 0 spiro atoms. The topological polar surface area (TPSA) is 94.2 Å². The minimum atomic E-state index is -0.522. The first-order chi connectivity index (χ1) is 11.6. The van der Waals surface area contributed by atoms with Crippen molar-refractivity contribution >= 4 is 11.9 Å². The summed E-state index contributed by atoms with van der Waals surface area (Å²) in [6, 6.07) is 11.0. The summed E-state index contributed by atoms with van der Waals surface area (Å²) in [6.07, 6.45) is 1.39. The molecular formula is C17H18N2O5. The van der Waals surface area contributed by atoms with Crippen LogP contribution < -0.4 is 9.47 Å². The second-order valence-corrected chi connectivity index (χ2v) is 4.79. The zero-order valence-electron chi connectivity index (χ0n) is 13.2. The van der Waals surface area contributed by atoms with Crippen LogP contribution in [0.25, 0.3) is 0 Å². The van der Waals surface area contributed by atoms with Crippen molar-refractivity contribution in [1.82, 2.24) is 0 Å². The van der Waals surface area contributed by atoms with E-state index in [0.717, 1.165) is 5.75 Å². The summed E-state index contributed by atoms with van der Waals surface area (Å²) in [5.74, 6) is 1.42. The zero-order valence-corrected chi connectivity index (χ0v) is 13.2. The van der Waals surface area contributed by atoms with Gasteiger partial charge < -0.3 is 14.6 Å². The third kappa shape index (κ3) is 4.98. The molecule has 0 aliphatic heterocycles. The standard InChI is InChI=1S/C17H18N2O5/c1-2-23-15-4-6-16(7-5-15)24-10-9-18-12-13-11-14(19(21)22)3-8-17(13)20/h3-8,11-12,20H,2,9-10H2,1H3. The predicted octanol–water partition coefficient (Wildman–Crippen LogP) is 3.20. The van der Waals surface area contributed by atoms with Crippen LogP contribution in [-0.4, -0.2) is 36.0 Å². The predicted molar refractivity (Wildman–Crippen MR) is 90.3 cm³/mol. The molecule has 0 fully saturated rings. The lowest BCUT2D eigenvalue weighted by Crippen LogP contribution is -2.01. The summed E-state index contributed by atoms with van der Waals surface area (Å²) < 4.78 is 10.9. The number of nitro benzene ring substituents is 1. The Morgan fingerprint density at radius 3 is 2.46 bits per heavy atom. The molecule has 0 aliphatic rings. The van der Waals surface area contributed by atoms with Gasteiger partial charge in [0, 0.05) is 23.9 Å². The first-order valence-electron chi connectivity index (χ1n) is 7.43. The molecule has 0 unspecified atom stereocenters. The molecule has 0 amide bonds. The van der Waals surface area contributed by atoms with E-state index in [1.807, 2.05) is 19.1 Å². The molecule has 2 aromatic carbocycles. The minimum Gasteiger partial charge on any atom is -0.507 e. The van der Waals surface area contributed by atoms with Gasteiger partial charge in [-0.25, -0.2) is 0 Å².